The van der Waals surface area contributed by atoms with Gasteiger partial charge in [-0.25, -0.2) is 0 Å². The number of nitrogens with two attached hydrogens (primary N) is 1. The summed E-state index contributed by atoms with van der Waals surface area (Å²) in [6, 6.07) is 5.86. The fraction of sp³-hybridized carbons (Fsp3) is 0.143. The minimum Gasteiger partial charge on any atom is -0.398 e. The van der Waals surface area contributed by atoms with Crippen LogP contribution < -0.4 is 11.1 Å². The van der Waals surface area contributed by atoms with Crippen molar-refractivity contribution in [3.8, 4) is 0 Å². The Morgan fingerprint density at radius 3 is 2.89 bits per heavy atom. The maximum absolute atomic E-state index is 5.96. The molecule has 0 spiro atoms. The molecule has 3 rings (SSSR count). The van der Waals surface area contributed by atoms with Gasteiger partial charge in [0.25, 0.3) is 0 Å². The topological polar surface area (TPSA) is 79.6 Å². The summed E-state index contributed by atoms with van der Waals surface area (Å²) in [5.74, 6) is 0. The largest absolute Gasteiger partial charge is 0.398 e. The Kier molecular flexibility index (Phi) is 2.79. The van der Waals surface area contributed by atoms with E-state index >= 15 is 0 Å². The normalized spacial score (nSPS) is 10.8. The standard InChI is InChI=1S/C14H15N5/c1-9-10(7-18-19-9)6-17-14-3-2-13(15)12-8-16-5-4-11(12)14/h2-5,7-8,17H,6,15H2,1H3,(H,18,19). The molecular formula is C14H15N5. The number of nitrogens with zero attached hydrogens (tertiary/aromatic N) is 2. The molecule has 0 aliphatic carbocycles. The van der Waals surface area contributed by atoms with Gasteiger partial charge in [0.2, 0.25) is 0 Å². The lowest BCUT2D eigenvalue weighted by Gasteiger charge is -2.10. The Morgan fingerprint density at radius 1 is 1.21 bits per heavy atom. The van der Waals surface area contributed by atoms with Crippen molar-refractivity contribution in [3.63, 3.8) is 0 Å². The molecule has 0 unspecified atom stereocenters. The molecule has 0 aliphatic rings. The van der Waals surface area contributed by atoms with E-state index < -0.39 is 0 Å². The molecule has 2 aromatic heterocycles. The van der Waals surface area contributed by atoms with Crippen molar-refractivity contribution in [2.75, 3.05) is 11.1 Å². The summed E-state index contributed by atoms with van der Waals surface area (Å²) in [7, 11) is 0. The first-order chi connectivity index (χ1) is 9.25. The summed E-state index contributed by atoms with van der Waals surface area (Å²) in [4.78, 5) is 4.12. The maximum Gasteiger partial charge on any atom is 0.0539 e. The van der Waals surface area contributed by atoms with Crippen LogP contribution in [0.25, 0.3) is 10.8 Å². The molecule has 0 atom stereocenters. The minimum atomic E-state index is 0.726. The van der Waals surface area contributed by atoms with Gasteiger partial charge in [0, 0.05) is 52.3 Å². The van der Waals surface area contributed by atoms with Crippen molar-refractivity contribution in [2.24, 2.45) is 0 Å². The van der Waals surface area contributed by atoms with Crippen LogP contribution in [0.4, 0.5) is 11.4 Å². The van der Waals surface area contributed by atoms with Gasteiger partial charge in [-0.15, -0.1) is 0 Å². The Bertz CT molecular complexity index is 717. The van der Waals surface area contributed by atoms with Crippen LogP contribution in [0.2, 0.25) is 0 Å². The average molecular weight is 253 g/mol. The van der Waals surface area contributed by atoms with Gasteiger partial charge in [0.15, 0.2) is 0 Å². The number of nitrogen functional groups attached to an aromatic ring is 1. The number of aromatic amines is 1. The Balaban J connectivity index is 1.93. The van der Waals surface area contributed by atoms with Gasteiger partial charge in [-0.2, -0.15) is 5.10 Å². The van der Waals surface area contributed by atoms with Crippen molar-refractivity contribution in [2.45, 2.75) is 13.5 Å². The van der Waals surface area contributed by atoms with E-state index in [2.05, 4.69) is 20.5 Å². The lowest BCUT2D eigenvalue weighted by atomic mass is 10.1. The fourth-order valence-electron chi connectivity index (χ4n) is 2.11. The third-order valence-electron chi connectivity index (χ3n) is 3.26. The molecule has 0 fully saturated rings. The monoisotopic (exact) mass is 253 g/mol. The van der Waals surface area contributed by atoms with E-state index in [1.807, 2.05) is 31.3 Å². The molecule has 19 heavy (non-hydrogen) atoms. The summed E-state index contributed by atoms with van der Waals surface area (Å²) < 4.78 is 0. The number of hydrogen-bond acceptors (Lipinski definition) is 4. The van der Waals surface area contributed by atoms with Crippen LogP contribution in [-0.4, -0.2) is 15.2 Å². The van der Waals surface area contributed by atoms with Gasteiger partial charge in [-0.3, -0.25) is 10.1 Å². The van der Waals surface area contributed by atoms with Crippen LogP contribution in [0.3, 0.4) is 0 Å². The number of aromatic nitrogens is 3. The molecule has 2 heterocycles. The molecule has 0 bridgehead atoms. The molecule has 5 heteroatoms. The van der Waals surface area contributed by atoms with Crippen molar-refractivity contribution >= 4 is 22.1 Å². The first-order valence-corrected chi connectivity index (χ1v) is 6.10. The highest BCUT2D eigenvalue weighted by atomic mass is 15.1. The quantitative estimate of drug-likeness (QED) is 0.626. The zero-order valence-corrected chi connectivity index (χ0v) is 10.6. The van der Waals surface area contributed by atoms with E-state index in [0.29, 0.717) is 0 Å². The summed E-state index contributed by atoms with van der Waals surface area (Å²) in [5.41, 5.74) is 9.98. The third kappa shape index (κ3) is 2.10. The summed E-state index contributed by atoms with van der Waals surface area (Å²) >= 11 is 0. The van der Waals surface area contributed by atoms with Gasteiger partial charge < -0.3 is 11.1 Å². The van der Waals surface area contributed by atoms with Gasteiger partial charge in [0.1, 0.15) is 0 Å². The number of rotatable bonds is 3. The number of hydrogen-bond donors (Lipinski definition) is 3. The van der Waals surface area contributed by atoms with Crippen LogP contribution in [0, 0.1) is 6.92 Å². The number of H-pyrrole nitrogens is 1. The van der Waals surface area contributed by atoms with Gasteiger partial charge in [-0.05, 0) is 25.1 Å². The van der Waals surface area contributed by atoms with E-state index in [0.717, 1.165) is 39.9 Å². The van der Waals surface area contributed by atoms with Crippen molar-refractivity contribution in [1.82, 2.24) is 15.2 Å². The van der Waals surface area contributed by atoms with Crippen molar-refractivity contribution in [1.29, 1.82) is 0 Å². The maximum atomic E-state index is 5.96. The van der Waals surface area contributed by atoms with Gasteiger partial charge in [-0.1, -0.05) is 0 Å². The molecule has 0 amide bonds. The molecule has 0 aliphatic heterocycles. The van der Waals surface area contributed by atoms with Crippen molar-refractivity contribution < 1.29 is 0 Å². The van der Waals surface area contributed by atoms with E-state index in [-0.39, 0.29) is 0 Å². The molecule has 0 saturated heterocycles. The predicted molar refractivity (Wildman–Crippen MR) is 76.8 cm³/mol. The lowest BCUT2D eigenvalue weighted by molar-refractivity contribution is 1.04. The molecule has 0 saturated carbocycles. The molecule has 4 N–H and O–H groups in total. The smallest absolute Gasteiger partial charge is 0.0539 e. The SMILES string of the molecule is Cc1[nH]ncc1CNc1ccc(N)c2cnccc12. The van der Waals surface area contributed by atoms with E-state index in [4.69, 9.17) is 5.73 Å². The Morgan fingerprint density at radius 2 is 2.11 bits per heavy atom. The summed E-state index contributed by atoms with van der Waals surface area (Å²) in [6.07, 6.45) is 5.40. The number of aryl methyl sites for hydroxylation is 1. The zero-order chi connectivity index (χ0) is 13.2. The summed E-state index contributed by atoms with van der Waals surface area (Å²) in [6.45, 7) is 2.73. The van der Waals surface area contributed by atoms with Crippen LogP contribution in [-0.2, 0) is 6.54 Å². The third-order valence-corrected chi connectivity index (χ3v) is 3.26. The van der Waals surface area contributed by atoms with E-state index in [1.165, 1.54) is 0 Å². The first-order valence-electron chi connectivity index (χ1n) is 6.10. The van der Waals surface area contributed by atoms with Gasteiger partial charge in [0.05, 0.1) is 6.20 Å². The molecule has 1 aromatic carbocycles. The molecular weight excluding hydrogens is 238 g/mol. The highest BCUT2D eigenvalue weighted by Gasteiger charge is 2.05. The average Bonchev–Trinajstić information content (AvgIpc) is 2.84. The molecule has 3 aromatic rings. The van der Waals surface area contributed by atoms with Gasteiger partial charge >= 0.3 is 0 Å². The minimum absolute atomic E-state index is 0.726. The fourth-order valence-corrected chi connectivity index (χ4v) is 2.11. The number of nitrogens with one attached hydrogen (secondary N) is 2. The van der Waals surface area contributed by atoms with E-state index in [1.54, 1.807) is 12.4 Å². The number of fused-ring (bicyclic) bond motifs is 1. The Labute approximate surface area is 110 Å². The number of pyridine rings is 1. The van der Waals surface area contributed by atoms with E-state index in [9.17, 15) is 0 Å². The highest BCUT2D eigenvalue weighted by Crippen LogP contribution is 2.27. The number of benzene rings is 1. The first kappa shape index (κ1) is 11.5. The highest BCUT2D eigenvalue weighted by molar-refractivity contribution is 6.00. The Hall–Kier alpha value is -2.56. The zero-order valence-electron chi connectivity index (χ0n) is 10.6. The van der Waals surface area contributed by atoms with Crippen LogP contribution >= 0.6 is 0 Å². The second kappa shape index (κ2) is 4.61. The van der Waals surface area contributed by atoms with Crippen LogP contribution in [0.5, 0.6) is 0 Å². The second-order valence-electron chi connectivity index (χ2n) is 4.50. The predicted octanol–water partition coefficient (Wildman–Crippen LogP) is 2.46. The lowest BCUT2D eigenvalue weighted by Crippen LogP contribution is -2.01. The van der Waals surface area contributed by atoms with Crippen molar-refractivity contribution in [3.05, 3.63) is 48.0 Å². The van der Waals surface area contributed by atoms with Crippen LogP contribution in [0.1, 0.15) is 11.3 Å². The second-order valence-corrected chi connectivity index (χ2v) is 4.50. The summed E-state index contributed by atoms with van der Waals surface area (Å²) in [5, 5.41) is 12.4. The van der Waals surface area contributed by atoms with Crippen LogP contribution in [0.15, 0.2) is 36.8 Å². The molecule has 5 nitrogen and oxygen atoms in total. The molecule has 0 radical (unpaired) electrons. The number of anilines is 2. The molecule has 96 valence electrons.